The highest BCUT2D eigenvalue weighted by molar-refractivity contribution is 8.92. The van der Waals surface area contributed by atoms with Crippen LogP contribution >= 0.6 is 21.6 Å². The lowest BCUT2D eigenvalue weighted by atomic mass is 10.6. The van der Waals surface area contributed by atoms with Crippen molar-refractivity contribution >= 4 is 21.6 Å². The van der Waals surface area contributed by atoms with Gasteiger partial charge in [-0.1, -0.05) is 27.7 Å². The van der Waals surface area contributed by atoms with Crippen LogP contribution in [0.2, 0.25) is 0 Å². The molecule has 0 aromatic heterocycles. The molecule has 40 valence electrons. The lowest BCUT2D eigenvalue weighted by Crippen LogP contribution is -2.12. The van der Waals surface area contributed by atoms with Crippen molar-refractivity contribution < 1.29 is 0 Å². The van der Waals surface area contributed by atoms with Gasteiger partial charge in [0.25, 0.3) is 0 Å². The molecule has 0 aromatic rings. The highest BCUT2D eigenvalue weighted by Gasteiger charge is 2.21. The maximum Gasteiger partial charge on any atom is 0.121 e. The van der Waals surface area contributed by atoms with Crippen LogP contribution < -0.4 is 5.32 Å². The molecule has 0 spiro atoms. The first-order chi connectivity index (χ1) is 3.43. The maximum absolute atomic E-state index is 3.58. The zero-order chi connectivity index (χ0) is 5.11. The summed E-state index contributed by atoms with van der Waals surface area (Å²) in [5, 5.41) is 3.21. The Morgan fingerprint density at radius 1 is 1.71 bits per heavy atom. The molecule has 1 aliphatic rings. The van der Waals surface area contributed by atoms with E-state index in [0.717, 1.165) is 6.54 Å². The summed E-state index contributed by atoms with van der Waals surface area (Å²) in [6.45, 7) is 4.51. The monoisotopic (exact) mass is 133 g/mol. The van der Waals surface area contributed by atoms with E-state index in [1.807, 2.05) is 27.7 Å². The third kappa shape index (κ3) is 2.26. The summed E-state index contributed by atoms with van der Waals surface area (Å²) in [5.74, 6) is 0. The average molecular weight is 133 g/mol. The van der Waals surface area contributed by atoms with Gasteiger partial charge in [0, 0.05) is 6.54 Å². The van der Waals surface area contributed by atoms with E-state index in [1.165, 1.54) is 0 Å². The molecule has 0 unspecified atom stereocenters. The molecule has 1 N–H and O–H groups in total. The van der Waals surface area contributed by atoms with E-state index in [9.17, 15) is 0 Å². The Hall–Kier alpha value is 0.400. The second kappa shape index (κ2) is 2.64. The van der Waals surface area contributed by atoms with Crippen LogP contribution in [0.15, 0.2) is 12.7 Å². The van der Waals surface area contributed by atoms with Crippen LogP contribution in [0.4, 0.5) is 0 Å². The molecule has 1 aliphatic heterocycles. The maximum atomic E-state index is 3.58. The van der Waals surface area contributed by atoms with Crippen molar-refractivity contribution in [2.24, 2.45) is 0 Å². The predicted molar refractivity (Wildman–Crippen MR) is 37.2 cm³/mol. The first-order valence-corrected chi connectivity index (χ1v) is 4.37. The van der Waals surface area contributed by atoms with Crippen molar-refractivity contribution in [1.82, 2.24) is 5.32 Å². The molecule has 0 atom stereocenters. The Kier molecular flexibility index (Phi) is 2.09. The second-order valence-electron chi connectivity index (χ2n) is 1.22. The third-order valence-electron chi connectivity index (χ3n) is 0.621. The summed E-state index contributed by atoms with van der Waals surface area (Å²) in [7, 11) is 3.73. The van der Waals surface area contributed by atoms with E-state index in [0.29, 0.717) is 4.71 Å². The van der Waals surface area contributed by atoms with Crippen LogP contribution in [0.3, 0.4) is 0 Å². The lowest BCUT2D eigenvalue weighted by Gasteiger charge is -1.88. The van der Waals surface area contributed by atoms with Gasteiger partial charge >= 0.3 is 0 Å². The van der Waals surface area contributed by atoms with E-state index in [-0.39, 0.29) is 0 Å². The molecule has 0 amide bonds. The molecule has 3 heteroatoms. The quantitative estimate of drug-likeness (QED) is 0.355. The zero-order valence-electron chi connectivity index (χ0n) is 3.89. The van der Waals surface area contributed by atoms with E-state index in [2.05, 4.69) is 11.9 Å². The molecule has 0 aromatic carbocycles. The molecule has 1 rings (SSSR count). The Morgan fingerprint density at radius 3 is 2.86 bits per heavy atom. The van der Waals surface area contributed by atoms with Gasteiger partial charge in [0.2, 0.25) is 0 Å². The SMILES string of the molecule is C=CCNC1SS1. The minimum absolute atomic E-state index is 0.665. The minimum atomic E-state index is 0.665. The van der Waals surface area contributed by atoms with Gasteiger partial charge in [-0.25, -0.2) is 0 Å². The highest BCUT2D eigenvalue weighted by atomic mass is 33.2. The van der Waals surface area contributed by atoms with Crippen LogP contribution in [0.5, 0.6) is 0 Å². The van der Waals surface area contributed by atoms with Crippen molar-refractivity contribution in [2.75, 3.05) is 6.54 Å². The van der Waals surface area contributed by atoms with E-state index in [4.69, 9.17) is 0 Å². The summed E-state index contributed by atoms with van der Waals surface area (Å²) >= 11 is 0. The van der Waals surface area contributed by atoms with Crippen LogP contribution in [0, 0.1) is 0 Å². The molecule has 1 fully saturated rings. The molecule has 7 heavy (non-hydrogen) atoms. The second-order valence-corrected chi connectivity index (χ2v) is 4.00. The fourth-order valence-corrected chi connectivity index (χ4v) is 1.23. The Balaban J connectivity index is 1.88. The van der Waals surface area contributed by atoms with Gasteiger partial charge in [-0.2, -0.15) is 0 Å². The third-order valence-corrected chi connectivity index (χ3v) is 2.49. The molecule has 1 nitrogen and oxygen atoms in total. The Labute approximate surface area is 51.3 Å². The predicted octanol–water partition coefficient (Wildman–Crippen LogP) is 1.44. The van der Waals surface area contributed by atoms with Crippen LogP contribution in [0.1, 0.15) is 0 Å². The fraction of sp³-hybridized carbons (Fsp3) is 0.500. The summed E-state index contributed by atoms with van der Waals surface area (Å²) in [6, 6.07) is 0. The largest absolute Gasteiger partial charge is 0.292 e. The first kappa shape index (κ1) is 5.54. The summed E-state index contributed by atoms with van der Waals surface area (Å²) in [4.78, 5) is 0. The van der Waals surface area contributed by atoms with E-state index < -0.39 is 0 Å². The number of rotatable bonds is 3. The van der Waals surface area contributed by atoms with Gasteiger partial charge in [0.1, 0.15) is 4.71 Å². The van der Waals surface area contributed by atoms with E-state index >= 15 is 0 Å². The highest BCUT2D eigenvalue weighted by Crippen LogP contribution is 2.50. The number of hydrogen-bond acceptors (Lipinski definition) is 3. The Morgan fingerprint density at radius 2 is 2.43 bits per heavy atom. The molecule has 0 aliphatic carbocycles. The van der Waals surface area contributed by atoms with Gasteiger partial charge in [0.15, 0.2) is 0 Å². The molecule has 1 saturated heterocycles. The fourth-order valence-electron chi connectivity index (χ4n) is 0.275. The van der Waals surface area contributed by atoms with E-state index in [1.54, 1.807) is 0 Å². The van der Waals surface area contributed by atoms with Crippen molar-refractivity contribution in [2.45, 2.75) is 4.71 Å². The zero-order valence-corrected chi connectivity index (χ0v) is 5.52. The van der Waals surface area contributed by atoms with Crippen LogP contribution in [-0.4, -0.2) is 11.3 Å². The smallest absolute Gasteiger partial charge is 0.121 e. The van der Waals surface area contributed by atoms with Gasteiger partial charge in [0.05, 0.1) is 0 Å². The molecular weight excluding hydrogens is 126 g/mol. The van der Waals surface area contributed by atoms with Gasteiger partial charge in [-0.05, 0) is 0 Å². The molecule has 0 bridgehead atoms. The molecule has 1 heterocycles. The molecule has 0 saturated carbocycles. The molecular formula is C4H7NS2. The number of hydrogen-bond donors (Lipinski definition) is 1. The normalized spacial score (nSPS) is 19.4. The minimum Gasteiger partial charge on any atom is -0.292 e. The van der Waals surface area contributed by atoms with Gasteiger partial charge in [-0.15, -0.1) is 6.58 Å². The standard InChI is InChI=1S/C4H7NS2/c1-2-3-5-4-6-7-4/h2,4-5H,1,3H2. The van der Waals surface area contributed by atoms with Gasteiger partial charge in [-0.3, -0.25) is 5.32 Å². The molecule has 0 radical (unpaired) electrons. The van der Waals surface area contributed by atoms with Crippen molar-refractivity contribution in [1.29, 1.82) is 0 Å². The summed E-state index contributed by atoms with van der Waals surface area (Å²) in [6.07, 6.45) is 1.87. The van der Waals surface area contributed by atoms with Crippen molar-refractivity contribution in [3.05, 3.63) is 12.7 Å². The summed E-state index contributed by atoms with van der Waals surface area (Å²) in [5.41, 5.74) is 0. The Bertz CT molecular complexity index is 70.1. The van der Waals surface area contributed by atoms with Gasteiger partial charge < -0.3 is 0 Å². The van der Waals surface area contributed by atoms with Crippen LogP contribution in [-0.2, 0) is 0 Å². The van der Waals surface area contributed by atoms with Crippen molar-refractivity contribution in [3.63, 3.8) is 0 Å². The number of nitrogens with one attached hydrogen (secondary N) is 1. The van der Waals surface area contributed by atoms with Crippen molar-refractivity contribution in [3.8, 4) is 0 Å². The lowest BCUT2D eigenvalue weighted by molar-refractivity contribution is 0.871. The van der Waals surface area contributed by atoms with Crippen LogP contribution in [0.25, 0.3) is 0 Å². The topological polar surface area (TPSA) is 12.0 Å². The summed E-state index contributed by atoms with van der Waals surface area (Å²) < 4.78 is 0.665. The average Bonchev–Trinajstić information content (AvgIpc) is 2.42. The first-order valence-electron chi connectivity index (χ1n) is 2.10.